The van der Waals surface area contributed by atoms with Crippen LogP contribution in [0.2, 0.25) is 0 Å². The number of anilines is 2. The SMILES string of the molecule is CCSC1CCCCN(c2ncc([N+](=O)[O-])c(N)n2)C1. The van der Waals surface area contributed by atoms with Gasteiger partial charge in [-0.3, -0.25) is 10.1 Å². The standard InChI is InChI=1S/C12H19N5O2S/c1-2-20-9-5-3-4-6-16(8-9)12-14-7-10(17(18)19)11(13)15-12/h7,9H,2-6,8H2,1H3,(H2,13,14,15). The molecule has 0 bridgehead atoms. The van der Waals surface area contributed by atoms with Crippen molar-refractivity contribution in [2.75, 3.05) is 29.5 Å². The lowest BCUT2D eigenvalue weighted by molar-refractivity contribution is -0.384. The highest BCUT2D eigenvalue weighted by Crippen LogP contribution is 2.26. The van der Waals surface area contributed by atoms with Gasteiger partial charge in [0.25, 0.3) is 0 Å². The van der Waals surface area contributed by atoms with E-state index in [0.717, 1.165) is 25.3 Å². The maximum atomic E-state index is 10.7. The van der Waals surface area contributed by atoms with Crippen molar-refractivity contribution >= 4 is 29.2 Å². The minimum absolute atomic E-state index is 0.0658. The van der Waals surface area contributed by atoms with Crippen LogP contribution in [0.5, 0.6) is 0 Å². The van der Waals surface area contributed by atoms with Crippen molar-refractivity contribution in [1.29, 1.82) is 0 Å². The maximum Gasteiger partial charge on any atom is 0.329 e. The molecule has 7 nitrogen and oxygen atoms in total. The monoisotopic (exact) mass is 297 g/mol. The summed E-state index contributed by atoms with van der Waals surface area (Å²) in [4.78, 5) is 20.5. The lowest BCUT2D eigenvalue weighted by Gasteiger charge is -2.23. The van der Waals surface area contributed by atoms with Crippen LogP contribution in [0.1, 0.15) is 26.2 Å². The van der Waals surface area contributed by atoms with Gasteiger partial charge in [0.1, 0.15) is 6.20 Å². The third-order valence-corrected chi connectivity index (χ3v) is 4.48. The lowest BCUT2D eigenvalue weighted by Crippen LogP contribution is -2.31. The summed E-state index contributed by atoms with van der Waals surface area (Å²) < 4.78 is 0. The lowest BCUT2D eigenvalue weighted by atomic mass is 10.2. The summed E-state index contributed by atoms with van der Waals surface area (Å²) in [7, 11) is 0. The fourth-order valence-corrected chi connectivity index (χ4v) is 3.42. The van der Waals surface area contributed by atoms with Gasteiger partial charge < -0.3 is 10.6 Å². The molecule has 1 aliphatic heterocycles. The summed E-state index contributed by atoms with van der Waals surface area (Å²) in [6.45, 7) is 3.90. The Balaban J connectivity index is 2.16. The summed E-state index contributed by atoms with van der Waals surface area (Å²) in [5.74, 6) is 1.52. The fourth-order valence-electron chi connectivity index (χ4n) is 2.33. The Morgan fingerprint density at radius 3 is 3.05 bits per heavy atom. The molecule has 1 aliphatic rings. The molecule has 1 fully saturated rings. The molecule has 2 heterocycles. The Morgan fingerprint density at radius 2 is 2.40 bits per heavy atom. The maximum absolute atomic E-state index is 10.7. The Morgan fingerprint density at radius 1 is 1.60 bits per heavy atom. The van der Waals surface area contributed by atoms with Crippen molar-refractivity contribution < 1.29 is 4.92 Å². The second kappa shape index (κ2) is 6.74. The van der Waals surface area contributed by atoms with Crippen molar-refractivity contribution in [3.05, 3.63) is 16.3 Å². The third-order valence-electron chi connectivity index (χ3n) is 3.30. The van der Waals surface area contributed by atoms with Crippen LogP contribution < -0.4 is 10.6 Å². The van der Waals surface area contributed by atoms with E-state index in [0.29, 0.717) is 11.2 Å². The van der Waals surface area contributed by atoms with E-state index in [1.54, 1.807) is 0 Å². The Kier molecular flexibility index (Phi) is 4.99. The summed E-state index contributed by atoms with van der Waals surface area (Å²) in [6, 6.07) is 0. The molecule has 2 N–H and O–H groups in total. The van der Waals surface area contributed by atoms with Crippen LogP contribution in [-0.4, -0.2) is 39.0 Å². The van der Waals surface area contributed by atoms with Crippen LogP contribution in [-0.2, 0) is 0 Å². The summed E-state index contributed by atoms with van der Waals surface area (Å²) >= 11 is 1.94. The predicted octanol–water partition coefficient (Wildman–Crippen LogP) is 2.08. The molecule has 0 aliphatic carbocycles. The molecule has 1 atom stereocenters. The molecular formula is C12H19N5O2S. The number of hydrogen-bond acceptors (Lipinski definition) is 7. The second-order valence-electron chi connectivity index (χ2n) is 4.72. The molecule has 1 aromatic heterocycles. The molecule has 0 spiro atoms. The van der Waals surface area contributed by atoms with Gasteiger partial charge in [0.2, 0.25) is 11.8 Å². The number of aromatic nitrogens is 2. The molecule has 8 heteroatoms. The summed E-state index contributed by atoms with van der Waals surface area (Å²) in [5, 5.41) is 11.3. The van der Waals surface area contributed by atoms with Crippen LogP contribution in [0.15, 0.2) is 6.20 Å². The molecule has 1 unspecified atom stereocenters. The average Bonchev–Trinajstić information content (AvgIpc) is 2.64. The Bertz CT molecular complexity index is 485. The minimum Gasteiger partial charge on any atom is -0.378 e. The molecule has 1 saturated heterocycles. The molecule has 0 amide bonds. The number of thioether (sulfide) groups is 1. The number of nitro groups is 1. The van der Waals surface area contributed by atoms with Gasteiger partial charge in [-0.15, -0.1) is 0 Å². The van der Waals surface area contributed by atoms with E-state index >= 15 is 0 Å². The average molecular weight is 297 g/mol. The second-order valence-corrected chi connectivity index (χ2v) is 6.29. The smallest absolute Gasteiger partial charge is 0.329 e. The summed E-state index contributed by atoms with van der Waals surface area (Å²) in [5.41, 5.74) is 5.40. The molecule has 0 radical (unpaired) electrons. The minimum atomic E-state index is -0.558. The van der Waals surface area contributed by atoms with Crippen molar-refractivity contribution in [1.82, 2.24) is 9.97 Å². The highest BCUT2D eigenvalue weighted by Gasteiger charge is 2.22. The zero-order chi connectivity index (χ0) is 14.5. The van der Waals surface area contributed by atoms with E-state index < -0.39 is 4.92 Å². The Hall–Kier alpha value is -1.57. The topological polar surface area (TPSA) is 98.2 Å². The van der Waals surface area contributed by atoms with Crippen molar-refractivity contribution in [2.24, 2.45) is 0 Å². The fraction of sp³-hybridized carbons (Fsp3) is 0.667. The van der Waals surface area contributed by atoms with E-state index in [2.05, 4.69) is 21.8 Å². The normalized spacial score (nSPS) is 19.6. The van der Waals surface area contributed by atoms with Gasteiger partial charge in [0.15, 0.2) is 0 Å². The third kappa shape index (κ3) is 3.50. The largest absolute Gasteiger partial charge is 0.378 e. The van der Waals surface area contributed by atoms with Crippen molar-refractivity contribution in [3.8, 4) is 0 Å². The number of nitrogens with zero attached hydrogens (tertiary/aromatic N) is 4. The number of nitrogens with two attached hydrogens (primary N) is 1. The van der Waals surface area contributed by atoms with E-state index in [1.165, 1.54) is 19.0 Å². The highest BCUT2D eigenvalue weighted by molar-refractivity contribution is 7.99. The van der Waals surface area contributed by atoms with E-state index in [1.807, 2.05) is 11.8 Å². The quantitative estimate of drug-likeness (QED) is 0.671. The van der Waals surface area contributed by atoms with Gasteiger partial charge in [-0.05, 0) is 18.6 Å². The van der Waals surface area contributed by atoms with E-state index in [9.17, 15) is 10.1 Å². The van der Waals surface area contributed by atoms with Crippen LogP contribution in [0.3, 0.4) is 0 Å². The highest BCUT2D eigenvalue weighted by atomic mass is 32.2. The first kappa shape index (κ1) is 14.8. The van der Waals surface area contributed by atoms with Crippen LogP contribution >= 0.6 is 11.8 Å². The Labute approximate surface area is 122 Å². The molecule has 110 valence electrons. The summed E-state index contributed by atoms with van der Waals surface area (Å²) in [6.07, 6.45) is 4.67. The van der Waals surface area contributed by atoms with Crippen LogP contribution in [0.25, 0.3) is 0 Å². The molecule has 0 aromatic carbocycles. The molecule has 1 aromatic rings. The van der Waals surface area contributed by atoms with Crippen molar-refractivity contribution in [3.63, 3.8) is 0 Å². The predicted molar refractivity (Wildman–Crippen MR) is 81.1 cm³/mol. The number of nitrogen functional groups attached to an aromatic ring is 1. The van der Waals surface area contributed by atoms with Crippen LogP contribution in [0, 0.1) is 10.1 Å². The van der Waals surface area contributed by atoms with Gasteiger partial charge in [-0.1, -0.05) is 13.3 Å². The zero-order valence-electron chi connectivity index (χ0n) is 11.5. The molecule has 20 heavy (non-hydrogen) atoms. The van der Waals surface area contributed by atoms with Gasteiger partial charge in [-0.25, -0.2) is 4.98 Å². The van der Waals surface area contributed by atoms with Crippen LogP contribution in [0.4, 0.5) is 17.5 Å². The molecular weight excluding hydrogens is 278 g/mol. The van der Waals surface area contributed by atoms with Gasteiger partial charge in [0.05, 0.1) is 4.92 Å². The van der Waals surface area contributed by atoms with Crippen molar-refractivity contribution in [2.45, 2.75) is 31.4 Å². The van der Waals surface area contributed by atoms with Gasteiger partial charge in [0, 0.05) is 18.3 Å². The number of rotatable bonds is 4. The number of hydrogen-bond donors (Lipinski definition) is 1. The molecule has 0 saturated carbocycles. The first-order valence-electron chi connectivity index (χ1n) is 6.75. The first-order chi connectivity index (χ1) is 9.61. The van der Waals surface area contributed by atoms with E-state index in [4.69, 9.17) is 5.73 Å². The zero-order valence-corrected chi connectivity index (χ0v) is 12.3. The molecule has 2 rings (SSSR count). The van der Waals surface area contributed by atoms with Gasteiger partial charge >= 0.3 is 5.69 Å². The van der Waals surface area contributed by atoms with Gasteiger partial charge in [-0.2, -0.15) is 16.7 Å². The first-order valence-corrected chi connectivity index (χ1v) is 7.80. The van der Waals surface area contributed by atoms with E-state index in [-0.39, 0.29) is 11.5 Å².